The molecule has 0 atom stereocenters. The number of nitrogens with zero attached hydrogens (tertiary/aromatic N) is 1. The molecule has 5 nitrogen and oxygen atoms in total. The Kier molecular flexibility index (Phi) is 3.25. The third-order valence-corrected chi connectivity index (χ3v) is 3.81. The van der Waals surface area contributed by atoms with Gasteiger partial charge in [0.2, 0.25) is 0 Å². The predicted octanol–water partition coefficient (Wildman–Crippen LogP) is 1.83. The Balaban J connectivity index is 1.90. The van der Waals surface area contributed by atoms with Gasteiger partial charge in [-0.2, -0.15) is 0 Å². The van der Waals surface area contributed by atoms with Gasteiger partial charge in [0.1, 0.15) is 0 Å². The standard InChI is InChI=1S/C16H16N2O3/c1-10-8-18(13-6-7-17-15(19)14(10)13)9-11-2-4-12(5-3-11)16(20)21/h2-5,8H,6-7,9H2,1H3,(H,17,19)(H,20,21). The highest BCUT2D eigenvalue weighted by atomic mass is 16.4. The first kappa shape index (κ1) is 13.4. The van der Waals surface area contributed by atoms with E-state index in [2.05, 4.69) is 9.88 Å². The molecule has 2 heterocycles. The lowest BCUT2D eigenvalue weighted by molar-refractivity contribution is 0.0696. The van der Waals surface area contributed by atoms with Crippen molar-refractivity contribution in [3.63, 3.8) is 0 Å². The van der Waals surface area contributed by atoms with Gasteiger partial charge in [0.05, 0.1) is 11.1 Å². The highest BCUT2D eigenvalue weighted by Crippen LogP contribution is 2.21. The highest BCUT2D eigenvalue weighted by molar-refractivity contribution is 5.98. The van der Waals surface area contributed by atoms with Gasteiger partial charge in [0.15, 0.2) is 0 Å². The molecule has 0 fully saturated rings. The second kappa shape index (κ2) is 5.09. The SMILES string of the molecule is Cc1cn(Cc2ccc(C(=O)O)cc2)c2c1C(=O)NCC2. The number of hydrogen-bond acceptors (Lipinski definition) is 2. The Morgan fingerprint density at radius 3 is 2.71 bits per heavy atom. The van der Waals surface area contributed by atoms with Gasteiger partial charge < -0.3 is 15.0 Å². The number of hydrogen-bond donors (Lipinski definition) is 2. The van der Waals surface area contributed by atoms with E-state index in [1.807, 2.05) is 25.3 Å². The van der Waals surface area contributed by atoms with E-state index < -0.39 is 5.97 Å². The van der Waals surface area contributed by atoms with Crippen molar-refractivity contribution in [2.24, 2.45) is 0 Å². The fraction of sp³-hybridized carbons (Fsp3) is 0.250. The average Bonchev–Trinajstić information content (AvgIpc) is 2.77. The molecule has 1 aliphatic rings. The molecular formula is C16H16N2O3. The van der Waals surface area contributed by atoms with Gasteiger partial charge in [-0.15, -0.1) is 0 Å². The zero-order valence-electron chi connectivity index (χ0n) is 11.7. The van der Waals surface area contributed by atoms with Crippen molar-refractivity contribution in [2.75, 3.05) is 6.54 Å². The molecule has 0 saturated heterocycles. The van der Waals surface area contributed by atoms with Crippen molar-refractivity contribution in [3.8, 4) is 0 Å². The molecule has 2 N–H and O–H groups in total. The average molecular weight is 284 g/mol. The fourth-order valence-electron chi connectivity index (χ4n) is 2.80. The van der Waals surface area contributed by atoms with Crippen LogP contribution in [0.15, 0.2) is 30.5 Å². The van der Waals surface area contributed by atoms with Crippen LogP contribution >= 0.6 is 0 Å². The van der Waals surface area contributed by atoms with E-state index in [-0.39, 0.29) is 11.5 Å². The number of aryl methyl sites for hydroxylation is 1. The van der Waals surface area contributed by atoms with Gasteiger partial charge >= 0.3 is 5.97 Å². The zero-order chi connectivity index (χ0) is 15.0. The van der Waals surface area contributed by atoms with E-state index in [1.165, 1.54) is 0 Å². The molecule has 0 aliphatic carbocycles. The van der Waals surface area contributed by atoms with Crippen molar-refractivity contribution in [1.29, 1.82) is 0 Å². The molecule has 0 spiro atoms. The van der Waals surface area contributed by atoms with Crippen LogP contribution in [0.5, 0.6) is 0 Å². The third-order valence-electron chi connectivity index (χ3n) is 3.81. The maximum atomic E-state index is 11.9. The van der Waals surface area contributed by atoms with E-state index in [9.17, 15) is 9.59 Å². The van der Waals surface area contributed by atoms with Crippen LogP contribution in [-0.2, 0) is 13.0 Å². The molecule has 2 aromatic rings. The van der Waals surface area contributed by atoms with Gasteiger partial charge in [-0.25, -0.2) is 4.79 Å². The van der Waals surface area contributed by atoms with Gasteiger partial charge in [0.25, 0.3) is 5.91 Å². The number of fused-ring (bicyclic) bond motifs is 1. The quantitative estimate of drug-likeness (QED) is 0.903. The molecule has 0 radical (unpaired) electrons. The minimum Gasteiger partial charge on any atom is -0.478 e. The molecule has 1 aliphatic heterocycles. The van der Waals surface area contributed by atoms with Crippen molar-refractivity contribution in [3.05, 3.63) is 58.4 Å². The second-order valence-electron chi connectivity index (χ2n) is 5.27. The molecule has 3 rings (SSSR count). The molecule has 5 heteroatoms. The maximum Gasteiger partial charge on any atom is 0.335 e. The lowest BCUT2D eigenvalue weighted by Gasteiger charge is -2.16. The van der Waals surface area contributed by atoms with Crippen LogP contribution < -0.4 is 5.32 Å². The summed E-state index contributed by atoms with van der Waals surface area (Å²) in [6, 6.07) is 6.84. The summed E-state index contributed by atoms with van der Waals surface area (Å²) in [5.41, 5.74) is 4.11. The minimum absolute atomic E-state index is 0.00581. The summed E-state index contributed by atoms with van der Waals surface area (Å²) in [5.74, 6) is -0.930. The number of carboxylic acid groups (broad SMARTS) is 1. The fourth-order valence-corrected chi connectivity index (χ4v) is 2.80. The van der Waals surface area contributed by atoms with Crippen LogP contribution in [-0.4, -0.2) is 28.1 Å². The summed E-state index contributed by atoms with van der Waals surface area (Å²) in [5, 5.41) is 11.8. The highest BCUT2D eigenvalue weighted by Gasteiger charge is 2.23. The Labute approximate surface area is 122 Å². The van der Waals surface area contributed by atoms with E-state index >= 15 is 0 Å². The first-order valence-corrected chi connectivity index (χ1v) is 6.85. The monoisotopic (exact) mass is 284 g/mol. The first-order valence-electron chi connectivity index (χ1n) is 6.85. The maximum absolute atomic E-state index is 11.9. The van der Waals surface area contributed by atoms with Crippen LogP contribution in [0.3, 0.4) is 0 Å². The lowest BCUT2D eigenvalue weighted by Crippen LogP contribution is -2.32. The molecule has 0 bridgehead atoms. The minimum atomic E-state index is -0.924. The second-order valence-corrected chi connectivity index (χ2v) is 5.27. The van der Waals surface area contributed by atoms with Gasteiger partial charge in [-0.05, 0) is 30.2 Å². The summed E-state index contributed by atoms with van der Waals surface area (Å²) in [7, 11) is 0. The number of aromatic nitrogens is 1. The normalized spacial score (nSPS) is 13.7. The van der Waals surface area contributed by atoms with Gasteiger partial charge in [-0.3, -0.25) is 4.79 Å². The molecule has 1 amide bonds. The topological polar surface area (TPSA) is 71.3 Å². The number of aromatic carboxylic acids is 1. The van der Waals surface area contributed by atoms with E-state index in [0.717, 1.165) is 28.8 Å². The molecule has 108 valence electrons. The summed E-state index contributed by atoms with van der Waals surface area (Å²) < 4.78 is 2.08. The van der Waals surface area contributed by atoms with Crippen LogP contribution in [0, 0.1) is 6.92 Å². The Hall–Kier alpha value is -2.56. The number of rotatable bonds is 3. The number of amides is 1. The van der Waals surface area contributed by atoms with Gasteiger partial charge in [-0.1, -0.05) is 12.1 Å². The smallest absolute Gasteiger partial charge is 0.335 e. The van der Waals surface area contributed by atoms with Crippen LogP contribution in [0.4, 0.5) is 0 Å². The van der Waals surface area contributed by atoms with Crippen LogP contribution in [0.1, 0.15) is 37.5 Å². The molecule has 1 aromatic carbocycles. The predicted molar refractivity (Wildman–Crippen MR) is 77.7 cm³/mol. The largest absolute Gasteiger partial charge is 0.478 e. The molecule has 1 aromatic heterocycles. The summed E-state index contributed by atoms with van der Waals surface area (Å²) >= 11 is 0. The van der Waals surface area contributed by atoms with Crippen molar-refractivity contribution >= 4 is 11.9 Å². The molecule has 21 heavy (non-hydrogen) atoms. The Bertz CT molecular complexity index is 714. The molecule has 0 saturated carbocycles. The van der Waals surface area contributed by atoms with Crippen molar-refractivity contribution < 1.29 is 14.7 Å². The zero-order valence-corrected chi connectivity index (χ0v) is 11.7. The summed E-state index contributed by atoms with van der Waals surface area (Å²) in [4.78, 5) is 22.8. The Morgan fingerprint density at radius 1 is 1.33 bits per heavy atom. The van der Waals surface area contributed by atoms with E-state index in [0.29, 0.717) is 13.1 Å². The molecule has 0 unspecified atom stereocenters. The number of benzene rings is 1. The van der Waals surface area contributed by atoms with Crippen molar-refractivity contribution in [2.45, 2.75) is 19.9 Å². The first-order chi connectivity index (χ1) is 10.1. The summed E-state index contributed by atoms with van der Waals surface area (Å²) in [6.07, 6.45) is 2.81. The number of nitrogens with one attached hydrogen (secondary N) is 1. The van der Waals surface area contributed by atoms with Crippen molar-refractivity contribution in [1.82, 2.24) is 9.88 Å². The molecular weight excluding hydrogens is 268 g/mol. The third kappa shape index (κ3) is 2.42. The lowest BCUT2D eigenvalue weighted by atomic mass is 10.1. The Morgan fingerprint density at radius 2 is 2.05 bits per heavy atom. The number of carbonyl (C=O) groups excluding carboxylic acids is 1. The number of carbonyl (C=O) groups is 2. The van der Waals surface area contributed by atoms with E-state index in [1.54, 1.807) is 12.1 Å². The van der Waals surface area contributed by atoms with E-state index in [4.69, 9.17) is 5.11 Å². The van der Waals surface area contributed by atoms with Crippen LogP contribution in [0.25, 0.3) is 0 Å². The summed E-state index contributed by atoms with van der Waals surface area (Å²) in [6.45, 7) is 3.24. The number of carboxylic acids is 1. The van der Waals surface area contributed by atoms with Gasteiger partial charge in [0, 0.05) is 31.4 Å². The van der Waals surface area contributed by atoms with Crippen LogP contribution in [0.2, 0.25) is 0 Å².